The Bertz CT molecular complexity index is 1230. The van der Waals surface area contributed by atoms with Gasteiger partial charge in [0, 0.05) is 18.3 Å². The number of ether oxygens (including phenoxy) is 1. The molecule has 1 amide bonds. The molecule has 3 aromatic carbocycles. The Morgan fingerprint density at radius 1 is 0.906 bits per heavy atom. The van der Waals surface area contributed by atoms with Crippen LogP contribution in [0.3, 0.4) is 0 Å². The van der Waals surface area contributed by atoms with E-state index >= 15 is 0 Å². The molecule has 7 nitrogen and oxygen atoms in total. The minimum Gasteiger partial charge on any atom is -0.452 e. The average molecular weight is 427 g/mol. The number of para-hydroxylation sites is 1. The molecule has 0 bridgehead atoms. The molecule has 0 unspecified atom stereocenters. The summed E-state index contributed by atoms with van der Waals surface area (Å²) in [5.74, 6) is -0.385. The Labute approximate surface area is 185 Å². The molecular formula is C25H21N3O4. The number of aromatic nitrogens is 2. The molecule has 0 aliphatic carbocycles. The molecule has 0 radical (unpaired) electrons. The van der Waals surface area contributed by atoms with Gasteiger partial charge in [-0.05, 0) is 31.2 Å². The zero-order chi connectivity index (χ0) is 22.5. The van der Waals surface area contributed by atoms with Crippen LogP contribution in [0, 0.1) is 6.92 Å². The first-order valence-corrected chi connectivity index (χ1v) is 10.0. The average Bonchev–Trinajstić information content (AvgIpc) is 3.31. The summed E-state index contributed by atoms with van der Waals surface area (Å²) >= 11 is 0. The van der Waals surface area contributed by atoms with E-state index in [1.54, 1.807) is 31.3 Å². The summed E-state index contributed by atoms with van der Waals surface area (Å²) in [7, 11) is 1.66. The lowest BCUT2D eigenvalue weighted by molar-refractivity contribution is 0.0427. The molecule has 4 rings (SSSR count). The van der Waals surface area contributed by atoms with Crippen LogP contribution in [0.25, 0.3) is 11.4 Å². The summed E-state index contributed by atoms with van der Waals surface area (Å²) in [5, 5.41) is 3.93. The largest absolute Gasteiger partial charge is 0.452 e. The predicted octanol–water partition coefficient (Wildman–Crippen LogP) is 4.68. The number of nitrogens with zero attached hydrogens (tertiary/aromatic N) is 3. The molecule has 0 saturated heterocycles. The molecule has 1 aromatic heterocycles. The Kier molecular flexibility index (Phi) is 6.07. The van der Waals surface area contributed by atoms with Crippen molar-refractivity contribution >= 4 is 17.6 Å². The van der Waals surface area contributed by atoms with Crippen LogP contribution in [0.5, 0.6) is 0 Å². The number of esters is 1. The number of amides is 1. The third kappa shape index (κ3) is 4.57. The summed E-state index contributed by atoms with van der Waals surface area (Å²) in [6.45, 7) is 1.79. The van der Waals surface area contributed by atoms with Crippen molar-refractivity contribution in [3.05, 3.63) is 101 Å². The van der Waals surface area contributed by atoms with Gasteiger partial charge in [0.15, 0.2) is 6.61 Å². The van der Waals surface area contributed by atoms with Gasteiger partial charge in [-0.25, -0.2) is 4.79 Å². The van der Waals surface area contributed by atoms with E-state index in [-0.39, 0.29) is 29.5 Å². The maximum atomic E-state index is 13.0. The first kappa shape index (κ1) is 21.0. The van der Waals surface area contributed by atoms with Crippen LogP contribution in [-0.4, -0.2) is 29.1 Å². The zero-order valence-electron chi connectivity index (χ0n) is 17.7. The van der Waals surface area contributed by atoms with Crippen LogP contribution in [0.4, 0.5) is 5.69 Å². The molecular weight excluding hydrogens is 406 g/mol. The SMILES string of the molecule is Cc1ccc(-c2noc(COC(=O)c3ccccc3C(=O)N(C)c3ccccc3)n2)cc1. The molecule has 0 fully saturated rings. The van der Waals surface area contributed by atoms with Gasteiger partial charge in [0.1, 0.15) is 0 Å². The van der Waals surface area contributed by atoms with Crippen molar-refractivity contribution in [2.75, 3.05) is 11.9 Å². The Balaban J connectivity index is 1.47. The fourth-order valence-corrected chi connectivity index (χ4v) is 3.14. The smallest absolute Gasteiger partial charge is 0.339 e. The highest BCUT2D eigenvalue weighted by atomic mass is 16.6. The van der Waals surface area contributed by atoms with E-state index in [9.17, 15) is 9.59 Å². The molecule has 160 valence electrons. The van der Waals surface area contributed by atoms with Crippen molar-refractivity contribution < 1.29 is 18.8 Å². The van der Waals surface area contributed by atoms with Crippen molar-refractivity contribution in [3.8, 4) is 11.4 Å². The van der Waals surface area contributed by atoms with Gasteiger partial charge in [0.05, 0.1) is 11.1 Å². The number of benzene rings is 3. The standard InChI is InChI=1S/C25H21N3O4/c1-17-12-14-18(15-13-17)23-26-22(32-27-23)16-31-25(30)21-11-7-6-10-20(21)24(29)28(2)19-8-4-3-5-9-19/h3-15H,16H2,1-2H3. The minimum absolute atomic E-state index is 0.165. The highest BCUT2D eigenvalue weighted by molar-refractivity contribution is 6.11. The second-order valence-corrected chi connectivity index (χ2v) is 7.20. The number of aryl methyl sites for hydroxylation is 1. The Morgan fingerprint density at radius 3 is 2.28 bits per heavy atom. The van der Waals surface area contributed by atoms with Crippen LogP contribution in [0.15, 0.2) is 83.4 Å². The molecule has 32 heavy (non-hydrogen) atoms. The van der Waals surface area contributed by atoms with Crippen LogP contribution >= 0.6 is 0 Å². The van der Waals surface area contributed by atoms with Crippen LogP contribution in [0.2, 0.25) is 0 Å². The van der Waals surface area contributed by atoms with Gasteiger partial charge >= 0.3 is 5.97 Å². The van der Waals surface area contributed by atoms with Crippen LogP contribution in [0.1, 0.15) is 32.2 Å². The third-order valence-electron chi connectivity index (χ3n) is 4.93. The van der Waals surface area contributed by atoms with E-state index in [1.807, 2.05) is 61.5 Å². The lowest BCUT2D eigenvalue weighted by atomic mass is 10.1. The Morgan fingerprint density at radius 2 is 1.56 bits per heavy atom. The fraction of sp³-hybridized carbons (Fsp3) is 0.120. The maximum absolute atomic E-state index is 13.0. The first-order valence-electron chi connectivity index (χ1n) is 10.0. The van der Waals surface area contributed by atoms with Crippen molar-refractivity contribution in [1.29, 1.82) is 0 Å². The molecule has 0 aliphatic rings. The van der Waals surface area contributed by atoms with Crippen molar-refractivity contribution in [2.24, 2.45) is 0 Å². The zero-order valence-corrected chi connectivity index (χ0v) is 17.7. The van der Waals surface area contributed by atoms with Gasteiger partial charge in [-0.15, -0.1) is 0 Å². The number of carbonyl (C=O) groups excluding carboxylic acids is 2. The van der Waals surface area contributed by atoms with Crippen LogP contribution in [-0.2, 0) is 11.3 Å². The molecule has 7 heteroatoms. The third-order valence-corrected chi connectivity index (χ3v) is 4.93. The maximum Gasteiger partial charge on any atom is 0.339 e. The molecule has 0 N–H and O–H groups in total. The first-order chi connectivity index (χ1) is 15.5. The monoisotopic (exact) mass is 427 g/mol. The van der Waals surface area contributed by atoms with Gasteiger partial charge in [-0.1, -0.05) is 65.3 Å². The van der Waals surface area contributed by atoms with Gasteiger partial charge in [-0.2, -0.15) is 4.98 Å². The molecule has 4 aromatic rings. The van der Waals surface area contributed by atoms with Gasteiger partial charge < -0.3 is 14.2 Å². The van der Waals surface area contributed by atoms with Crippen molar-refractivity contribution in [3.63, 3.8) is 0 Å². The van der Waals surface area contributed by atoms with Crippen molar-refractivity contribution in [2.45, 2.75) is 13.5 Å². The number of rotatable bonds is 6. The van der Waals surface area contributed by atoms with E-state index in [4.69, 9.17) is 9.26 Å². The lowest BCUT2D eigenvalue weighted by Crippen LogP contribution is -2.28. The second kappa shape index (κ2) is 9.26. The number of hydrogen-bond donors (Lipinski definition) is 0. The number of carbonyl (C=O) groups is 2. The van der Waals surface area contributed by atoms with Crippen molar-refractivity contribution in [1.82, 2.24) is 10.1 Å². The summed E-state index contributed by atoms with van der Waals surface area (Å²) < 4.78 is 10.5. The number of hydrogen-bond acceptors (Lipinski definition) is 6. The molecule has 0 spiro atoms. The van der Waals surface area contributed by atoms with E-state index in [1.165, 1.54) is 4.90 Å². The molecule has 0 saturated carbocycles. The molecule has 0 aliphatic heterocycles. The fourth-order valence-electron chi connectivity index (χ4n) is 3.14. The summed E-state index contributed by atoms with van der Waals surface area (Å²) in [6, 6.07) is 23.4. The van der Waals surface area contributed by atoms with Gasteiger partial charge in [0.2, 0.25) is 5.82 Å². The van der Waals surface area contributed by atoms with E-state index in [0.717, 1.165) is 16.8 Å². The van der Waals surface area contributed by atoms with Gasteiger partial charge in [-0.3, -0.25) is 4.79 Å². The van der Waals surface area contributed by atoms with E-state index < -0.39 is 5.97 Å². The minimum atomic E-state index is -0.648. The Hall–Kier alpha value is -4.26. The van der Waals surface area contributed by atoms with Crippen LogP contribution < -0.4 is 4.90 Å². The highest BCUT2D eigenvalue weighted by Gasteiger charge is 2.22. The normalized spacial score (nSPS) is 10.6. The van der Waals surface area contributed by atoms with E-state index in [0.29, 0.717) is 5.82 Å². The number of anilines is 1. The highest BCUT2D eigenvalue weighted by Crippen LogP contribution is 2.20. The topological polar surface area (TPSA) is 85.5 Å². The summed E-state index contributed by atoms with van der Waals surface area (Å²) in [6.07, 6.45) is 0. The summed E-state index contributed by atoms with van der Waals surface area (Å²) in [4.78, 5) is 31.5. The second-order valence-electron chi connectivity index (χ2n) is 7.20. The molecule has 0 atom stereocenters. The lowest BCUT2D eigenvalue weighted by Gasteiger charge is -2.18. The quantitative estimate of drug-likeness (QED) is 0.416. The summed E-state index contributed by atoms with van der Waals surface area (Å²) in [5.41, 5.74) is 3.05. The van der Waals surface area contributed by atoms with E-state index in [2.05, 4.69) is 10.1 Å². The predicted molar refractivity (Wildman–Crippen MR) is 119 cm³/mol. The van der Waals surface area contributed by atoms with Gasteiger partial charge in [0.25, 0.3) is 11.8 Å². The molecule has 1 heterocycles.